The number of rotatable bonds is 5. The van der Waals surface area contributed by atoms with Crippen molar-refractivity contribution in [3.05, 3.63) is 10.6 Å². The van der Waals surface area contributed by atoms with Gasteiger partial charge in [0.25, 0.3) is 0 Å². The van der Waals surface area contributed by atoms with Crippen LogP contribution in [0.25, 0.3) is 0 Å². The summed E-state index contributed by atoms with van der Waals surface area (Å²) < 4.78 is 15.0. The van der Waals surface area contributed by atoms with E-state index in [2.05, 4.69) is 9.72 Å². The Kier molecular flexibility index (Phi) is 4.64. The fourth-order valence-electron chi connectivity index (χ4n) is 1.14. The summed E-state index contributed by atoms with van der Waals surface area (Å²) in [4.78, 5) is 33.2. The molecule has 0 aromatic carbocycles. The van der Waals surface area contributed by atoms with Crippen molar-refractivity contribution in [3.8, 4) is 0 Å². The zero-order valence-electron chi connectivity index (χ0n) is 9.12. The van der Waals surface area contributed by atoms with E-state index in [-0.39, 0.29) is 10.8 Å². The van der Waals surface area contributed by atoms with Crippen LogP contribution in [0.15, 0.2) is 0 Å². The highest BCUT2D eigenvalue weighted by atomic mass is 32.1. The van der Waals surface area contributed by atoms with Gasteiger partial charge >= 0.3 is 13.6 Å². The summed E-state index contributed by atoms with van der Waals surface area (Å²) in [6.07, 6.45) is 0.477. The molecule has 1 aromatic rings. The number of nitrogens with two attached hydrogens (primary N) is 1. The zero-order chi connectivity index (χ0) is 13.1. The van der Waals surface area contributed by atoms with Gasteiger partial charge in [-0.25, -0.2) is 9.78 Å². The van der Waals surface area contributed by atoms with Crippen molar-refractivity contribution in [2.75, 3.05) is 12.1 Å². The van der Waals surface area contributed by atoms with Gasteiger partial charge in [-0.15, -0.1) is 11.3 Å². The van der Waals surface area contributed by atoms with E-state index in [1.807, 2.05) is 6.92 Å². The first-order valence-electron chi connectivity index (χ1n) is 4.80. The van der Waals surface area contributed by atoms with Gasteiger partial charge in [0.05, 0.1) is 0 Å². The number of nitrogens with zero attached hydrogens (tertiary/aromatic N) is 1. The average molecular weight is 280 g/mol. The van der Waals surface area contributed by atoms with Gasteiger partial charge in [0, 0.05) is 4.88 Å². The minimum Gasteiger partial charge on any atom is -0.448 e. The summed E-state index contributed by atoms with van der Waals surface area (Å²) >= 11 is 1.17. The van der Waals surface area contributed by atoms with Gasteiger partial charge in [-0.2, -0.15) is 0 Å². The SMILES string of the molecule is CCCc1sc(N)nc1C(=O)OCP(=O)(O)O. The topological polar surface area (TPSA) is 123 Å². The van der Waals surface area contributed by atoms with Crippen LogP contribution in [0.5, 0.6) is 0 Å². The Morgan fingerprint density at radius 3 is 2.76 bits per heavy atom. The van der Waals surface area contributed by atoms with Crippen LogP contribution in [0.4, 0.5) is 5.13 Å². The number of aromatic nitrogens is 1. The Hall–Kier alpha value is -0.950. The van der Waals surface area contributed by atoms with Crippen LogP contribution >= 0.6 is 18.9 Å². The molecule has 0 unspecified atom stereocenters. The van der Waals surface area contributed by atoms with Crippen molar-refractivity contribution < 1.29 is 23.9 Å². The van der Waals surface area contributed by atoms with Gasteiger partial charge in [-0.3, -0.25) is 4.57 Å². The number of hydrogen-bond donors (Lipinski definition) is 3. The lowest BCUT2D eigenvalue weighted by molar-refractivity contribution is 0.0543. The molecule has 17 heavy (non-hydrogen) atoms. The number of esters is 1. The molecule has 0 bridgehead atoms. The van der Waals surface area contributed by atoms with Crippen LogP contribution in [0.1, 0.15) is 28.7 Å². The smallest absolute Gasteiger partial charge is 0.362 e. The fraction of sp³-hybridized carbons (Fsp3) is 0.500. The predicted octanol–water partition coefficient (Wildman–Crippen LogP) is 0.970. The summed E-state index contributed by atoms with van der Waals surface area (Å²) in [6.45, 7) is 1.93. The Labute approximate surface area is 102 Å². The van der Waals surface area contributed by atoms with Crippen molar-refractivity contribution in [2.45, 2.75) is 19.8 Å². The molecule has 0 radical (unpaired) electrons. The molecule has 1 rings (SSSR count). The molecule has 0 aliphatic rings. The normalized spacial score (nSPS) is 11.5. The van der Waals surface area contributed by atoms with Crippen LogP contribution in [0.2, 0.25) is 0 Å². The van der Waals surface area contributed by atoms with Gasteiger partial charge in [0.1, 0.15) is 0 Å². The van der Waals surface area contributed by atoms with Crippen LogP contribution < -0.4 is 5.73 Å². The number of carbonyl (C=O) groups is 1. The molecule has 1 heterocycles. The minimum atomic E-state index is -4.36. The Balaban J connectivity index is 2.77. The number of aryl methyl sites for hydroxylation is 1. The van der Waals surface area contributed by atoms with Gasteiger partial charge < -0.3 is 20.3 Å². The monoisotopic (exact) mass is 280 g/mol. The third-order valence-electron chi connectivity index (χ3n) is 1.75. The number of thiazole rings is 1. The first-order chi connectivity index (χ1) is 7.83. The van der Waals surface area contributed by atoms with Crippen molar-refractivity contribution in [1.82, 2.24) is 4.98 Å². The van der Waals surface area contributed by atoms with E-state index in [1.54, 1.807) is 0 Å². The van der Waals surface area contributed by atoms with E-state index in [9.17, 15) is 9.36 Å². The third kappa shape index (κ3) is 4.43. The molecule has 96 valence electrons. The van der Waals surface area contributed by atoms with E-state index in [4.69, 9.17) is 15.5 Å². The van der Waals surface area contributed by atoms with Gasteiger partial charge in [0.2, 0.25) is 0 Å². The predicted molar refractivity (Wildman–Crippen MR) is 62.8 cm³/mol. The van der Waals surface area contributed by atoms with Gasteiger partial charge in [0.15, 0.2) is 17.2 Å². The molecule has 0 fully saturated rings. The Bertz CT molecular complexity index is 455. The van der Waals surface area contributed by atoms with E-state index in [0.717, 1.165) is 6.42 Å². The summed E-state index contributed by atoms with van der Waals surface area (Å²) in [6, 6.07) is 0. The largest absolute Gasteiger partial charge is 0.448 e. The van der Waals surface area contributed by atoms with Crippen molar-refractivity contribution in [2.24, 2.45) is 0 Å². The van der Waals surface area contributed by atoms with E-state index < -0.39 is 19.9 Å². The Morgan fingerprint density at radius 2 is 2.24 bits per heavy atom. The number of hydrogen-bond acceptors (Lipinski definition) is 6. The lowest BCUT2D eigenvalue weighted by atomic mass is 10.2. The molecule has 0 amide bonds. The van der Waals surface area contributed by atoms with Crippen molar-refractivity contribution >= 4 is 30.0 Å². The molecule has 0 aliphatic heterocycles. The molecule has 7 nitrogen and oxygen atoms in total. The van der Waals surface area contributed by atoms with Crippen LogP contribution in [0, 0.1) is 0 Å². The van der Waals surface area contributed by atoms with Crippen LogP contribution in [-0.4, -0.2) is 27.1 Å². The standard InChI is InChI=1S/C8H13N2O5PS/c1-2-3-5-6(10-8(9)17-5)7(11)15-4-16(12,13)14/h2-4H2,1H3,(H2,9,10)(H2,12,13,14). The summed E-state index contributed by atoms with van der Waals surface area (Å²) in [5.74, 6) is -0.857. The second-order valence-corrected chi connectivity index (χ2v) is 6.00. The van der Waals surface area contributed by atoms with E-state index >= 15 is 0 Å². The number of ether oxygens (including phenoxy) is 1. The molecule has 4 N–H and O–H groups in total. The highest BCUT2D eigenvalue weighted by Crippen LogP contribution is 2.34. The first kappa shape index (κ1) is 14.1. The molecule has 0 saturated carbocycles. The molecule has 0 aliphatic carbocycles. The number of carbonyl (C=O) groups excluding carboxylic acids is 1. The quantitative estimate of drug-likeness (QED) is 0.542. The molecule has 0 saturated heterocycles. The summed E-state index contributed by atoms with van der Waals surface area (Å²) in [5.41, 5.74) is 5.52. The zero-order valence-corrected chi connectivity index (χ0v) is 10.8. The van der Waals surface area contributed by atoms with E-state index in [1.165, 1.54) is 11.3 Å². The molecule has 0 spiro atoms. The Morgan fingerprint density at radius 1 is 1.59 bits per heavy atom. The van der Waals surface area contributed by atoms with Crippen LogP contribution in [-0.2, 0) is 15.7 Å². The second-order valence-electron chi connectivity index (χ2n) is 3.30. The minimum absolute atomic E-state index is 0.0443. The van der Waals surface area contributed by atoms with Crippen molar-refractivity contribution in [3.63, 3.8) is 0 Å². The molecular formula is C8H13N2O5PS. The lowest BCUT2D eigenvalue weighted by Gasteiger charge is -2.05. The van der Waals surface area contributed by atoms with Gasteiger partial charge in [-0.1, -0.05) is 13.3 Å². The maximum atomic E-state index is 11.5. The third-order valence-corrected chi connectivity index (χ3v) is 3.16. The van der Waals surface area contributed by atoms with Gasteiger partial charge in [-0.05, 0) is 6.42 Å². The second kappa shape index (κ2) is 5.59. The number of nitrogen functional groups attached to an aromatic ring is 1. The fourth-order valence-corrected chi connectivity index (χ4v) is 2.34. The lowest BCUT2D eigenvalue weighted by Crippen LogP contribution is -2.09. The molecule has 0 atom stereocenters. The highest BCUT2D eigenvalue weighted by molar-refractivity contribution is 7.51. The average Bonchev–Trinajstić information content (AvgIpc) is 2.55. The van der Waals surface area contributed by atoms with Crippen molar-refractivity contribution in [1.29, 1.82) is 0 Å². The first-order valence-corrected chi connectivity index (χ1v) is 7.41. The molecular weight excluding hydrogens is 267 g/mol. The summed E-state index contributed by atoms with van der Waals surface area (Å²) in [5, 5.41) is 0.233. The van der Waals surface area contributed by atoms with E-state index in [0.29, 0.717) is 11.3 Å². The molecule has 9 heteroatoms. The number of anilines is 1. The summed E-state index contributed by atoms with van der Waals surface area (Å²) in [7, 11) is -4.36. The highest BCUT2D eigenvalue weighted by Gasteiger charge is 2.22. The molecule has 1 aromatic heterocycles. The maximum Gasteiger partial charge on any atom is 0.362 e. The van der Waals surface area contributed by atoms with Crippen LogP contribution in [0.3, 0.4) is 0 Å². The maximum absolute atomic E-state index is 11.5.